The number of nitrogens with zero attached hydrogens (tertiary/aromatic N) is 1. The normalized spacial score (nSPS) is 8.62. The SMILES string of the molecule is C=Cc1c(C)ccnc1SC.CC. The lowest BCUT2D eigenvalue weighted by Gasteiger charge is -2.03. The van der Waals surface area contributed by atoms with E-state index < -0.39 is 0 Å². The zero-order valence-corrected chi connectivity index (χ0v) is 9.61. The van der Waals surface area contributed by atoms with Gasteiger partial charge in [0.1, 0.15) is 5.03 Å². The Bertz CT molecular complexity index is 269. The predicted molar refractivity (Wildman–Crippen MR) is 62.2 cm³/mol. The van der Waals surface area contributed by atoms with Crippen molar-refractivity contribution in [1.82, 2.24) is 4.98 Å². The molecule has 0 saturated carbocycles. The van der Waals surface area contributed by atoms with Crippen molar-refractivity contribution in [3.63, 3.8) is 0 Å². The third-order valence-electron chi connectivity index (χ3n) is 1.57. The summed E-state index contributed by atoms with van der Waals surface area (Å²) in [6.45, 7) is 9.81. The molecule has 0 atom stereocenters. The number of hydrogen-bond donors (Lipinski definition) is 0. The van der Waals surface area contributed by atoms with Gasteiger partial charge in [-0.3, -0.25) is 0 Å². The molecule has 72 valence electrons. The van der Waals surface area contributed by atoms with Crippen molar-refractivity contribution in [2.24, 2.45) is 0 Å². The molecule has 1 aromatic rings. The van der Waals surface area contributed by atoms with Crippen LogP contribution in [-0.2, 0) is 0 Å². The highest BCUT2D eigenvalue weighted by Crippen LogP contribution is 2.20. The molecule has 0 radical (unpaired) electrons. The van der Waals surface area contributed by atoms with Crippen LogP contribution < -0.4 is 0 Å². The molecule has 2 heteroatoms. The molecule has 0 unspecified atom stereocenters. The summed E-state index contributed by atoms with van der Waals surface area (Å²) in [6.07, 6.45) is 5.71. The Kier molecular flexibility index (Phi) is 6.33. The lowest BCUT2D eigenvalue weighted by atomic mass is 10.2. The Balaban J connectivity index is 0.000000671. The maximum absolute atomic E-state index is 4.22. The van der Waals surface area contributed by atoms with Crippen molar-refractivity contribution in [1.29, 1.82) is 0 Å². The standard InChI is InChI=1S/C9H11NS.C2H6/c1-4-8-7(2)5-6-10-9(8)11-3;1-2/h4-6H,1H2,2-3H3;1-2H3. The van der Waals surface area contributed by atoms with Crippen molar-refractivity contribution in [2.75, 3.05) is 6.26 Å². The molecule has 0 N–H and O–H groups in total. The van der Waals surface area contributed by atoms with Gasteiger partial charge in [-0.1, -0.05) is 26.5 Å². The van der Waals surface area contributed by atoms with Gasteiger partial charge in [0, 0.05) is 11.8 Å². The fraction of sp³-hybridized carbons (Fsp3) is 0.364. The van der Waals surface area contributed by atoms with Crippen LogP contribution in [0.15, 0.2) is 23.9 Å². The molecule has 0 spiro atoms. The van der Waals surface area contributed by atoms with Gasteiger partial charge in [0.25, 0.3) is 0 Å². The van der Waals surface area contributed by atoms with Crippen LogP contribution in [-0.4, -0.2) is 11.2 Å². The van der Waals surface area contributed by atoms with Crippen molar-refractivity contribution in [2.45, 2.75) is 25.8 Å². The smallest absolute Gasteiger partial charge is 0.103 e. The van der Waals surface area contributed by atoms with Crippen LogP contribution in [0.3, 0.4) is 0 Å². The number of pyridine rings is 1. The van der Waals surface area contributed by atoms with Crippen LogP contribution >= 0.6 is 11.8 Å². The summed E-state index contributed by atoms with van der Waals surface area (Å²) in [7, 11) is 0. The fourth-order valence-electron chi connectivity index (χ4n) is 0.956. The number of rotatable bonds is 2. The van der Waals surface area contributed by atoms with E-state index >= 15 is 0 Å². The Hall–Kier alpha value is -0.760. The molecule has 0 aliphatic carbocycles. The first-order valence-corrected chi connectivity index (χ1v) is 5.64. The molecule has 0 aromatic carbocycles. The number of hydrogen-bond acceptors (Lipinski definition) is 2. The molecule has 0 bridgehead atoms. The van der Waals surface area contributed by atoms with E-state index in [1.165, 1.54) is 5.56 Å². The van der Waals surface area contributed by atoms with E-state index in [1.54, 1.807) is 11.8 Å². The highest BCUT2D eigenvalue weighted by Gasteiger charge is 2.00. The van der Waals surface area contributed by atoms with Gasteiger partial charge in [0.15, 0.2) is 0 Å². The quantitative estimate of drug-likeness (QED) is 0.666. The molecule has 13 heavy (non-hydrogen) atoms. The van der Waals surface area contributed by atoms with E-state index in [2.05, 4.69) is 18.5 Å². The van der Waals surface area contributed by atoms with Crippen LogP contribution in [0.2, 0.25) is 0 Å². The second-order valence-corrected chi connectivity index (χ2v) is 3.05. The largest absolute Gasteiger partial charge is 0.249 e. The van der Waals surface area contributed by atoms with Gasteiger partial charge in [-0.25, -0.2) is 4.98 Å². The minimum atomic E-state index is 1.06. The summed E-state index contributed by atoms with van der Waals surface area (Å²) < 4.78 is 0. The number of aromatic nitrogens is 1. The van der Waals surface area contributed by atoms with Gasteiger partial charge in [-0.15, -0.1) is 11.8 Å². The summed E-state index contributed by atoms with van der Waals surface area (Å²) in [4.78, 5) is 4.22. The topological polar surface area (TPSA) is 12.9 Å². The van der Waals surface area contributed by atoms with Crippen LogP contribution in [0.4, 0.5) is 0 Å². The molecule has 1 rings (SSSR count). The molecule has 1 nitrogen and oxygen atoms in total. The minimum absolute atomic E-state index is 1.06. The molecular weight excluding hydrogens is 178 g/mol. The Labute approximate surface area is 85.3 Å². The maximum atomic E-state index is 4.22. The molecule has 0 aliphatic rings. The number of aryl methyl sites for hydroxylation is 1. The number of thioether (sulfide) groups is 1. The second kappa shape index (κ2) is 6.72. The first-order chi connectivity index (χ1) is 6.29. The summed E-state index contributed by atoms with van der Waals surface area (Å²) in [5.41, 5.74) is 2.39. The zero-order chi connectivity index (χ0) is 10.3. The van der Waals surface area contributed by atoms with Crippen LogP contribution in [0.1, 0.15) is 25.0 Å². The zero-order valence-electron chi connectivity index (χ0n) is 8.79. The van der Waals surface area contributed by atoms with E-state index in [0.717, 1.165) is 10.6 Å². The van der Waals surface area contributed by atoms with Crippen molar-refractivity contribution in [3.05, 3.63) is 30.0 Å². The summed E-state index contributed by atoms with van der Waals surface area (Å²) in [6, 6.07) is 2.00. The van der Waals surface area contributed by atoms with Crippen molar-refractivity contribution < 1.29 is 0 Å². The third-order valence-corrected chi connectivity index (χ3v) is 2.28. The van der Waals surface area contributed by atoms with Crippen molar-refractivity contribution in [3.8, 4) is 0 Å². The first kappa shape index (κ1) is 12.2. The molecule has 1 heterocycles. The van der Waals surface area contributed by atoms with Gasteiger partial charge >= 0.3 is 0 Å². The second-order valence-electron chi connectivity index (χ2n) is 2.25. The van der Waals surface area contributed by atoms with E-state index in [-0.39, 0.29) is 0 Å². The Morgan fingerprint density at radius 1 is 1.46 bits per heavy atom. The summed E-state index contributed by atoms with van der Waals surface area (Å²) in [5, 5.41) is 1.06. The van der Waals surface area contributed by atoms with Crippen LogP contribution in [0.25, 0.3) is 6.08 Å². The van der Waals surface area contributed by atoms with Crippen LogP contribution in [0, 0.1) is 6.92 Å². The molecule has 0 aliphatic heterocycles. The lowest BCUT2D eigenvalue weighted by molar-refractivity contribution is 1.10. The molecular formula is C11H17NS. The van der Waals surface area contributed by atoms with E-state index in [4.69, 9.17) is 0 Å². The molecule has 0 amide bonds. The predicted octanol–water partition coefficient (Wildman–Crippen LogP) is 3.78. The maximum Gasteiger partial charge on any atom is 0.103 e. The molecule has 1 aromatic heterocycles. The summed E-state index contributed by atoms with van der Waals surface area (Å²) >= 11 is 1.65. The fourth-order valence-corrected chi connectivity index (χ4v) is 1.59. The highest BCUT2D eigenvalue weighted by molar-refractivity contribution is 7.98. The first-order valence-electron chi connectivity index (χ1n) is 4.41. The van der Waals surface area contributed by atoms with Gasteiger partial charge in [-0.2, -0.15) is 0 Å². The average Bonchev–Trinajstić information content (AvgIpc) is 2.20. The van der Waals surface area contributed by atoms with Crippen molar-refractivity contribution >= 4 is 17.8 Å². The highest BCUT2D eigenvalue weighted by atomic mass is 32.2. The monoisotopic (exact) mass is 195 g/mol. The minimum Gasteiger partial charge on any atom is -0.249 e. The van der Waals surface area contributed by atoms with Gasteiger partial charge in [0.05, 0.1) is 0 Å². The molecule has 0 fully saturated rings. The van der Waals surface area contributed by atoms with Gasteiger partial charge in [-0.05, 0) is 24.8 Å². The van der Waals surface area contributed by atoms with E-state index in [9.17, 15) is 0 Å². The molecule has 0 saturated heterocycles. The van der Waals surface area contributed by atoms with Crippen LogP contribution in [0.5, 0.6) is 0 Å². The average molecular weight is 195 g/mol. The third kappa shape index (κ3) is 3.23. The van der Waals surface area contributed by atoms with E-state index in [1.807, 2.05) is 38.4 Å². The van der Waals surface area contributed by atoms with Gasteiger partial charge < -0.3 is 0 Å². The lowest BCUT2D eigenvalue weighted by Crippen LogP contribution is -1.87. The van der Waals surface area contributed by atoms with E-state index in [0.29, 0.717) is 0 Å². The summed E-state index contributed by atoms with van der Waals surface area (Å²) in [5.74, 6) is 0. The Morgan fingerprint density at radius 2 is 2.08 bits per heavy atom. The van der Waals surface area contributed by atoms with Gasteiger partial charge in [0.2, 0.25) is 0 Å². The Morgan fingerprint density at radius 3 is 2.46 bits per heavy atom.